The van der Waals surface area contributed by atoms with Crippen LogP contribution in [0.1, 0.15) is 30.8 Å². The number of likely N-dealkylation sites (N-methyl/N-ethyl adjacent to an activating group) is 1. The highest BCUT2D eigenvalue weighted by Crippen LogP contribution is 2.06. The number of aromatic nitrogens is 1. The number of nitrogens with zero attached hydrogens (tertiary/aromatic N) is 2. The summed E-state index contributed by atoms with van der Waals surface area (Å²) in [6.07, 6.45) is 2.66. The summed E-state index contributed by atoms with van der Waals surface area (Å²) in [5.41, 5.74) is 6.39. The number of anilines is 1. The highest BCUT2D eigenvalue weighted by molar-refractivity contribution is 5.96. The van der Waals surface area contributed by atoms with Crippen molar-refractivity contribution in [2.24, 2.45) is 0 Å². The van der Waals surface area contributed by atoms with Gasteiger partial charge in [0, 0.05) is 25.3 Å². The number of amides is 1. The monoisotopic (exact) mass is 250 g/mol. The first-order valence-corrected chi connectivity index (χ1v) is 6.25. The van der Waals surface area contributed by atoms with Gasteiger partial charge < -0.3 is 16.0 Å². The van der Waals surface area contributed by atoms with Gasteiger partial charge in [-0.3, -0.25) is 4.79 Å². The van der Waals surface area contributed by atoms with E-state index in [-0.39, 0.29) is 5.91 Å². The Bertz CT molecular complexity index is 394. The van der Waals surface area contributed by atoms with E-state index in [0.29, 0.717) is 24.0 Å². The summed E-state index contributed by atoms with van der Waals surface area (Å²) >= 11 is 0. The lowest BCUT2D eigenvalue weighted by Crippen LogP contribution is -2.37. The zero-order valence-electron chi connectivity index (χ0n) is 11.3. The largest absolute Gasteiger partial charge is 0.397 e. The second-order valence-corrected chi connectivity index (χ2v) is 4.44. The molecule has 1 aromatic rings. The molecule has 0 aromatic carbocycles. The number of carbonyl (C=O) groups is 1. The minimum Gasteiger partial charge on any atom is -0.397 e. The van der Waals surface area contributed by atoms with Crippen LogP contribution in [0.15, 0.2) is 18.3 Å². The zero-order chi connectivity index (χ0) is 13.5. The minimum absolute atomic E-state index is 0.217. The molecule has 0 bridgehead atoms. The molecule has 3 N–H and O–H groups in total. The van der Waals surface area contributed by atoms with Gasteiger partial charge in [0.15, 0.2) is 5.69 Å². The predicted molar refractivity (Wildman–Crippen MR) is 73.4 cm³/mol. The number of pyridine rings is 1. The molecule has 1 rings (SSSR count). The smallest absolute Gasteiger partial charge is 0.272 e. The van der Waals surface area contributed by atoms with Crippen molar-refractivity contribution in [2.45, 2.75) is 26.3 Å². The fraction of sp³-hybridized carbons (Fsp3) is 0.538. The number of nitrogens with two attached hydrogens (primary N) is 1. The molecule has 0 aliphatic carbocycles. The molecule has 0 saturated carbocycles. The molecule has 1 heterocycles. The Morgan fingerprint density at radius 2 is 2.33 bits per heavy atom. The number of carbonyl (C=O) groups excluding carboxylic acids is 1. The lowest BCUT2D eigenvalue weighted by atomic mass is 10.2. The molecule has 1 unspecified atom stereocenters. The van der Waals surface area contributed by atoms with Gasteiger partial charge >= 0.3 is 0 Å². The van der Waals surface area contributed by atoms with Crippen LogP contribution in [0.2, 0.25) is 0 Å². The van der Waals surface area contributed by atoms with Crippen LogP contribution in [0.4, 0.5) is 5.69 Å². The third-order valence-electron chi connectivity index (χ3n) is 3.15. The summed E-state index contributed by atoms with van der Waals surface area (Å²) in [6.45, 7) is 5.72. The molecule has 18 heavy (non-hydrogen) atoms. The van der Waals surface area contributed by atoms with Crippen LogP contribution in [-0.2, 0) is 0 Å². The van der Waals surface area contributed by atoms with Crippen molar-refractivity contribution in [1.82, 2.24) is 15.2 Å². The molecule has 1 amide bonds. The van der Waals surface area contributed by atoms with Crippen molar-refractivity contribution < 1.29 is 4.79 Å². The second-order valence-electron chi connectivity index (χ2n) is 4.44. The van der Waals surface area contributed by atoms with Crippen molar-refractivity contribution in [2.75, 3.05) is 25.9 Å². The fourth-order valence-corrected chi connectivity index (χ4v) is 1.57. The first-order chi connectivity index (χ1) is 8.56. The maximum absolute atomic E-state index is 11.8. The SMILES string of the molecule is CCC(C)N(C)CCNC(=O)c1ncccc1N. The maximum atomic E-state index is 11.8. The number of rotatable bonds is 6. The van der Waals surface area contributed by atoms with Crippen LogP contribution in [0, 0.1) is 0 Å². The Kier molecular flexibility index (Phi) is 5.58. The quantitative estimate of drug-likeness (QED) is 0.794. The summed E-state index contributed by atoms with van der Waals surface area (Å²) in [5, 5.41) is 2.83. The summed E-state index contributed by atoms with van der Waals surface area (Å²) in [4.78, 5) is 18.0. The van der Waals surface area contributed by atoms with E-state index in [4.69, 9.17) is 5.73 Å². The Balaban J connectivity index is 2.41. The van der Waals surface area contributed by atoms with Crippen molar-refractivity contribution >= 4 is 11.6 Å². The molecule has 0 saturated heterocycles. The van der Waals surface area contributed by atoms with Gasteiger partial charge in [0.25, 0.3) is 5.91 Å². The molecule has 1 aromatic heterocycles. The van der Waals surface area contributed by atoms with E-state index < -0.39 is 0 Å². The van der Waals surface area contributed by atoms with Crippen LogP contribution in [0.25, 0.3) is 0 Å². The molecular formula is C13H22N4O. The van der Waals surface area contributed by atoms with Gasteiger partial charge in [-0.2, -0.15) is 0 Å². The highest BCUT2D eigenvalue weighted by atomic mass is 16.1. The van der Waals surface area contributed by atoms with Gasteiger partial charge in [-0.15, -0.1) is 0 Å². The molecule has 5 heteroatoms. The van der Waals surface area contributed by atoms with Gasteiger partial charge in [0.1, 0.15) is 0 Å². The first-order valence-electron chi connectivity index (χ1n) is 6.25. The summed E-state index contributed by atoms with van der Waals surface area (Å²) in [5.74, 6) is -0.217. The number of nitrogens with one attached hydrogen (secondary N) is 1. The van der Waals surface area contributed by atoms with Crippen LogP contribution in [0.3, 0.4) is 0 Å². The number of hydrogen-bond acceptors (Lipinski definition) is 4. The van der Waals surface area contributed by atoms with Crippen LogP contribution < -0.4 is 11.1 Å². The molecule has 0 fully saturated rings. The normalized spacial score (nSPS) is 12.4. The Morgan fingerprint density at radius 3 is 2.94 bits per heavy atom. The molecule has 5 nitrogen and oxygen atoms in total. The van der Waals surface area contributed by atoms with Gasteiger partial charge in [0.2, 0.25) is 0 Å². The van der Waals surface area contributed by atoms with E-state index in [1.165, 1.54) is 0 Å². The first kappa shape index (κ1) is 14.4. The van der Waals surface area contributed by atoms with Gasteiger partial charge in [-0.05, 0) is 32.5 Å². The van der Waals surface area contributed by atoms with Crippen LogP contribution in [0.5, 0.6) is 0 Å². The van der Waals surface area contributed by atoms with Crippen molar-refractivity contribution in [3.8, 4) is 0 Å². The number of nitrogen functional groups attached to an aromatic ring is 1. The lowest BCUT2D eigenvalue weighted by molar-refractivity contribution is 0.0943. The third kappa shape index (κ3) is 4.00. The average molecular weight is 250 g/mol. The molecule has 0 spiro atoms. The highest BCUT2D eigenvalue weighted by Gasteiger charge is 2.11. The van der Waals surface area contributed by atoms with E-state index in [2.05, 4.69) is 36.1 Å². The Hall–Kier alpha value is -1.62. The van der Waals surface area contributed by atoms with Crippen LogP contribution >= 0.6 is 0 Å². The fourth-order valence-electron chi connectivity index (χ4n) is 1.57. The standard InChI is InChI=1S/C13H22N4O/c1-4-10(2)17(3)9-8-16-13(18)12-11(14)6-5-7-15-12/h5-7,10H,4,8-9,14H2,1-3H3,(H,16,18). The number of hydrogen-bond donors (Lipinski definition) is 2. The predicted octanol–water partition coefficient (Wildman–Crippen LogP) is 1.12. The molecule has 100 valence electrons. The van der Waals surface area contributed by atoms with Crippen LogP contribution in [-0.4, -0.2) is 42.0 Å². The molecular weight excluding hydrogens is 228 g/mol. The summed E-state index contributed by atoms with van der Waals surface area (Å²) in [7, 11) is 2.05. The molecule has 0 radical (unpaired) electrons. The summed E-state index contributed by atoms with van der Waals surface area (Å²) in [6, 6.07) is 3.90. The van der Waals surface area contributed by atoms with Crippen molar-refractivity contribution in [1.29, 1.82) is 0 Å². The maximum Gasteiger partial charge on any atom is 0.272 e. The Labute approximate surface area is 108 Å². The molecule has 1 atom stereocenters. The second kappa shape index (κ2) is 6.96. The average Bonchev–Trinajstić information content (AvgIpc) is 2.37. The topological polar surface area (TPSA) is 71.2 Å². The zero-order valence-corrected chi connectivity index (χ0v) is 11.3. The van der Waals surface area contributed by atoms with Crippen molar-refractivity contribution in [3.63, 3.8) is 0 Å². The summed E-state index contributed by atoms with van der Waals surface area (Å²) < 4.78 is 0. The van der Waals surface area contributed by atoms with Gasteiger partial charge in [-0.25, -0.2) is 4.98 Å². The van der Waals surface area contributed by atoms with E-state index in [0.717, 1.165) is 13.0 Å². The van der Waals surface area contributed by atoms with E-state index in [1.807, 2.05) is 0 Å². The Morgan fingerprint density at radius 1 is 1.61 bits per heavy atom. The lowest BCUT2D eigenvalue weighted by Gasteiger charge is -2.23. The third-order valence-corrected chi connectivity index (χ3v) is 3.15. The van der Waals surface area contributed by atoms with E-state index in [9.17, 15) is 4.79 Å². The molecule has 0 aliphatic rings. The van der Waals surface area contributed by atoms with Crippen molar-refractivity contribution in [3.05, 3.63) is 24.0 Å². The van der Waals surface area contributed by atoms with E-state index >= 15 is 0 Å². The van der Waals surface area contributed by atoms with Gasteiger partial charge in [-0.1, -0.05) is 6.92 Å². The minimum atomic E-state index is -0.217. The van der Waals surface area contributed by atoms with Gasteiger partial charge in [0.05, 0.1) is 5.69 Å². The van der Waals surface area contributed by atoms with E-state index in [1.54, 1.807) is 18.3 Å². The molecule has 0 aliphatic heterocycles.